The molecule has 0 saturated heterocycles. The summed E-state index contributed by atoms with van der Waals surface area (Å²) in [5, 5.41) is 6.12. The van der Waals surface area contributed by atoms with Gasteiger partial charge in [0.25, 0.3) is 5.91 Å². The molecule has 4 heteroatoms. The van der Waals surface area contributed by atoms with Crippen LogP contribution in [0.4, 0.5) is 5.69 Å². The monoisotopic (exact) mass is 219 g/mol. The Bertz CT molecular complexity index is 390. The van der Waals surface area contributed by atoms with Crippen LogP contribution >= 0.6 is 0 Å². The van der Waals surface area contributed by atoms with Crippen molar-refractivity contribution in [1.82, 2.24) is 5.32 Å². The fraction of sp³-hybridized carbons (Fsp3) is 0.417. The van der Waals surface area contributed by atoms with Gasteiger partial charge in [-0.15, -0.1) is 0 Å². The molecule has 4 N–H and O–H groups in total. The molecule has 1 aliphatic rings. The first kappa shape index (κ1) is 11.0. The third kappa shape index (κ3) is 2.33. The Hall–Kier alpha value is -1.55. The van der Waals surface area contributed by atoms with E-state index < -0.39 is 0 Å². The molecule has 0 saturated carbocycles. The van der Waals surface area contributed by atoms with Crippen LogP contribution in [0.25, 0.3) is 0 Å². The van der Waals surface area contributed by atoms with Crippen LogP contribution in [0.15, 0.2) is 18.2 Å². The number of nitrogens with one attached hydrogen (secondary N) is 2. The number of amides is 1. The minimum atomic E-state index is -0.0110. The second-order valence-corrected chi connectivity index (χ2v) is 3.95. The molecule has 0 bridgehead atoms. The van der Waals surface area contributed by atoms with Crippen molar-refractivity contribution in [2.75, 3.05) is 25.0 Å². The number of benzene rings is 1. The second-order valence-electron chi connectivity index (χ2n) is 3.95. The molecule has 0 unspecified atom stereocenters. The molecule has 16 heavy (non-hydrogen) atoms. The normalized spacial score (nSPS) is 13.1. The molecule has 0 fully saturated rings. The number of nitrogens with two attached hydrogens (primary N) is 1. The molecule has 4 nitrogen and oxygen atoms in total. The Morgan fingerprint density at radius 1 is 1.50 bits per heavy atom. The van der Waals surface area contributed by atoms with Gasteiger partial charge >= 0.3 is 0 Å². The third-order valence-electron chi connectivity index (χ3n) is 2.74. The molecule has 0 atom stereocenters. The van der Waals surface area contributed by atoms with Gasteiger partial charge < -0.3 is 16.4 Å². The Labute approximate surface area is 95.2 Å². The summed E-state index contributed by atoms with van der Waals surface area (Å²) in [6, 6.07) is 5.79. The van der Waals surface area contributed by atoms with Crippen LogP contribution < -0.4 is 16.4 Å². The van der Waals surface area contributed by atoms with E-state index in [1.54, 1.807) is 0 Å². The van der Waals surface area contributed by atoms with Gasteiger partial charge in [-0.05, 0) is 43.1 Å². The predicted octanol–water partition coefficient (Wildman–Crippen LogP) is 0.733. The zero-order valence-corrected chi connectivity index (χ0v) is 9.25. The van der Waals surface area contributed by atoms with Gasteiger partial charge in [-0.1, -0.05) is 0 Å². The number of carbonyl (C=O) groups is 1. The van der Waals surface area contributed by atoms with Crippen molar-refractivity contribution in [3.05, 3.63) is 29.3 Å². The zero-order valence-electron chi connectivity index (χ0n) is 9.25. The van der Waals surface area contributed by atoms with E-state index in [1.807, 2.05) is 18.2 Å². The van der Waals surface area contributed by atoms with Gasteiger partial charge in [-0.3, -0.25) is 4.79 Å². The van der Waals surface area contributed by atoms with E-state index in [9.17, 15) is 4.79 Å². The van der Waals surface area contributed by atoms with Crippen LogP contribution in [-0.4, -0.2) is 25.5 Å². The molecule has 0 radical (unpaired) electrons. The van der Waals surface area contributed by atoms with Crippen LogP contribution in [0, 0.1) is 0 Å². The van der Waals surface area contributed by atoms with Crippen molar-refractivity contribution >= 4 is 11.6 Å². The van der Waals surface area contributed by atoms with Crippen LogP contribution in [-0.2, 0) is 6.42 Å². The highest BCUT2D eigenvalue weighted by Crippen LogP contribution is 2.22. The standard InChI is InChI=1S/C12H17N3O/c13-5-1-6-15-12(16)10-2-3-11-9(8-10)4-7-14-11/h2-3,8,14H,1,4-7,13H2,(H,15,16). The molecule has 2 rings (SSSR count). The third-order valence-corrected chi connectivity index (χ3v) is 2.74. The molecular weight excluding hydrogens is 202 g/mol. The SMILES string of the molecule is NCCCNC(=O)c1ccc2c(c1)CCN2. The average molecular weight is 219 g/mol. The molecule has 1 aliphatic heterocycles. The van der Waals surface area contributed by atoms with Crippen molar-refractivity contribution in [2.45, 2.75) is 12.8 Å². The fourth-order valence-corrected chi connectivity index (χ4v) is 1.85. The molecule has 1 amide bonds. The van der Waals surface area contributed by atoms with Crippen molar-refractivity contribution in [3.63, 3.8) is 0 Å². The van der Waals surface area contributed by atoms with Gasteiger partial charge in [0.05, 0.1) is 0 Å². The maximum atomic E-state index is 11.7. The number of carbonyl (C=O) groups excluding carboxylic acids is 1. The summed E-state index contributed by atoms with van der Waals surface area (Å²) in [6.07, 6.45) is 1.82. The number of hydrogen-bond donors (Lipinski definition) is 3. The quantitative estimate of drug-likeness (QED) is 0.654. The van der Waals surface area contributed by atoms with Gasteiger partial charge in [0.1, 0.15) is 0 Å². The van der Waals surface area contributed by atoms with Gasteiger partial charge in [-0.2, -0.15) is 0 Å². The first-order chi connectivity index (χ1) is 7.81. The first-order valence-electron chi connectivity index (χ1n) is 5.66. The summed E-state index contributed by atoms with van der Waals surface area (Å²) in [5.41, 5.74) is 8.48. The van der Waals surface area contributed by atoms with Crippen LogP contribution in [0.1, 0.15) is 22.3 Å². The molecule has 86 valence electrons. The minimum absolute atomic E-state index is 0.0110. The van der Waals surface area contributed by atoms with Crippen LogP contribution in [0.5, 0.6) is 0 Å². The summed E-state index contributed by atoms with van der Waals surface area (Å²) >= 11 is 0. The summed E-state index contributed by atoms with van der Waals surface area (Å²) < 4.78 is 0. The molecular formula is C12H17N3O. The summed E-state index contributed by atoms with van der Waals surface area (Å²) in [5.74, 6) is -0.0110. The van der Waals surface area contributed by atoms with E-state index in [-0.39, 0.29) is 5.91 Å². The van der Waals surface area contributed by atoms with Crippen LogP contribution in [0.3, 0.4) is 0 Å². The van der Waals surface area contributed by atoms with E-state index in [0.29, 0.717) is 13.1 Å². The maximum Gasteiger partial charge on any atom is 0.251 e. The highest BCUT2D eigenvalue weighted by atomic mass is 16.1. The van der Waals surface area contributed by atoms with Gasteiger partial charge in [-0.25, -0.2) is 0 Å². The summed E-state index contributed by atoms with van der Waals surface area (Å²) in [4.78, 5) is 11.7. The average Bonchev–Trinajstić information content (AvgIpc) is 2.76. The molecule has 0 aliphatic carbocycles. The van der Waals surface area contributed by atoms with E-state index in [4.69, 9.17) is 5.73 Å². The van der Waals surface area contributed by atoms with E-state index in [0.717, 1.165) is 30.6 Å². The van der Waals surface area contributed by atoms with Crippen LogP contribution in [0.2, 0.25) is 0 Å². The lowest BCUT2D eigenvalue weighted by atomic mass is 10.1. The van der Waals surface area contributed by atoms with Crippen molar-refractivity contribution < 1.29 is 4.79 Å². The van der Waals surface area contributed by atoms with E-state index in [1.165, 1.54) is 5.56 Å². The Balaban J connectivity index is 2.01. The van der Waals surface area contributed by atoms with Crippen molar-refractivity contribution in [1.29, 1.82) is 0 Å². The Kier molecular flexibility index (Phi) is 3.41. The number of anilines is 1. The highest BCUT2D eigenvalue weighted by molar-refractivity contribution is 5.95. The molecule has 1 aromatic carbocycles. The lowest BCUT2D eigenvalue weighted by Crippen LogP contribution is -2.25. The Morgan fingerprint density at radius 3 is 3.19 bits per heavy atom. The lowest BCUT2D eigenvalue weighted by molar-refractivity contribution is 0.0953. The molecule has 0 aromatic heterocycles. The topological polar surface area (TPSA) is 67.1 Å². The van der Waals surface area contributed by atoms with Crippen molar-refractivity contribution in [3.8, 4) is 0 Å². The lowest BCUT2D eigenvalue weighted by Gasteiger charge is -2.06. The summed E-state index contributed by atoms with van der Waals surface area (Å²) in [7, 11) is 0. The first-order valence-corrected chi connectivity index (χ1v) is 5.66. The fourth-order valence-electron chi connectivity index (χ4n) is 1.85. The maximum absolute atomic E-state index is 11.7. The second kappa shape index (κ2) is 4.99. The molecule has 0 spiro atoms. The highest BCUT2D eigenvalue weighted by Gasteiger charge is 2.12. The predicted molar refractivity (Wildman–Crippen MR) is 64.6 cm³/mol. The largest absolute Gasteiger partial charge is 0.384 e. The zero-order chi connectivity index (χ0) is 11.4. The van der Waals surface area contributed by atoms with Gasteiger partial charge in [0.15, 0.2) is 0 Å². The summed E-state index contributed by atoms with van der Waals surface area (Å²) in [6.45, 7) is 2.21. The van der Waals surface area contributed by atoms with Crippen molar-refractivity contribution in [2.24, 2.45) is 5.73 Å². The minimum Gasteiger partial charge on any atom is -0.384 e. The van der Waals surface area contributed by atoms with Gasteiger partial charge in [0.2, 0.25) is 0 Å². The number of hydrogen-bond acceptors (Lipinski definition) is 3. The molecule has 1 heterocycles. The number of fused-ring (bicyclic) bond motifs is 1. The van der Waals surface area contributed by atoms with E-state index >= 15 is 0 Å². The van der Waals surface area contributed by atoms with Gasteiger partial charge in [0, 0.05) is 24.3 Å². The van der Waals surface area contributed by atoms with E-state index in [2.05, 4.69) is 10.6 Å². The smallest absolute Gasteiger partial charge is 0.251 e. The Morgan fingerprint density at radius 2 is 2.38 bits per heavy atom. The number of rotatable bonds is 4. The molecule has 1 aromatic rings.